The third kappa shape index (κ3) is 76.8. The first-order valence-corrected chi connectivity index (χ1v) is 41.9. The molecule has 0 rings (SSSR count). The van der Waals surface area contributed by atoms with Gasteiger partial charge in [0.1, 0.15) is 0 Å². The fourth-order valence-electron chi connectivity index (χ4n) is 13.2. The van der Waals surface area contributed by atoms with Crippen molar-refractivity contribution in [3.05, 3.63) is 48.6 Å². The van der Waals surface area contributed by atoms with Crippen molar-refractivity contribution in [2.24, 2.45) is 0 Å². The van der Waals surface area contributed by atoms with Crippen LogP contribution >= 0.6 is 0 Å². The van der Waals surface area contributed by atoms with Gasteiger partial charge in [0.15, 0.2) is 0 Å². The van der Waals surface area contributed by atoms with E-state index >= 15 is 0 Å². The highest BCUT2D eigenvalue weighted by Crippen LogP contribution is 2.20. The van der Waals surface area contributed by atoms with Crippen LogP contribution in [0.4, 0.5) is 0 Å². The minimum Gasteiger partial charge on any atom is -0.466 e. The average Bonchev–Trinajstić information content (AvgIpc) is 3.77. The number of ether oxygens (including phenoxy) is 1. The van der Waals surface area contributed by atoms with Gasteiger partial charge in [-0.1, -0.05) is 409 Å². The molecule has 542 valence electrons. The van der Waals surface area contributed by atoms with Gasteiger partial charge in [-0.15, -0.1) is 0 Å². The Bertz CT molecular complexity index is 1540. The number of esters is 1. The number of rotatable bonds is 79. The molecule has 6 nitrogen and oxygen atoms in total. The van der Waals surface area contributed by atoms with Gasteiger partial charge in [0.25, 0.3) is 0 Å². The first-order chi connectivity index (χ1) is 45.5. The van der Waals surface area contributed by atoms with E-state index in [0.717, 1.165) is 51.4 Å². The number of carbonyl (C=O) groups excluding carboxylic acids is 2. The van der Waals surface area contributed by atoms with Crippen molar-refractivity contribution < 1.29 is 24.5 Å². The number of hydrogen-bond donors (Lipinski definition) is 3. The molecule has 0 heterocycles. The number of carbonyl (C=O) groups is 2. The van der Waals surface area contributed by atoms with Crippen molar-refractivity contribution >= 4 is 11.9 Å². The van der Waals surface area contributed by atoms with Crippen molar-refractivity contribution in [2.45, 2.75) is 475 Å². The van der Waals surface area contributed by atoms with Gasteiger partial charge in [-0.3, -0.25) is 9.59 Å². The normalized spacial score (nSPS) is 12.7. The lowest BCUT2D eigenvalue weighted by atomic mass is 10.0. The lowest BCUT2D eigenvalue weighted by Gasteiger charge is -2.20. The predicted octanol–water partition coefficient (Wildman–Crippen LogP) is 27.9. The van der Waals surface area contributed by atoms with Crippen molar-refractivity contribution in [1.82, 2.24) is 5.32 Å². The largest absolute Gasteiger partial charge is 0.466 e. The first-order valence-electron chi connectivity index (χ1n) is 41.9. The lowest BCUT2D eigenvalue weighted by Crippen LogP contribution is -2.45. The summed E-state index contributed by atoms with van der Waals surface area (Å²) in [5.74, 6) is -0.0495. The maximum atomic E-state index is 12.6. The number of hydrogen-bond acceptors (Lipinski definition) is 5. The molecule has 0 bridgehead atoms. The van der Waals surface area contributed by atoms with E-state index in [4.69, 9.17) is 4.74 Å². The number of aliphatic hydroxyl groups is 2. The van der Waals surface area contributed by atoms with Crippen LogP contribution in [0.25, 0.3) is 0 Å². The van der Waals surface area contributed by atoms with E-state index in [1.165, 1.54) is 385 Å². The van der Waals surface area contributed by atoms with Gasteiger partial charge in [-0.2, -0.15) is 0 Å². The van der Waals surface area contributed by atoms with Crippen LogP contribution in [0, 0.1) is 0 Å². The molecule has 0 radical (unpaired) electrons. The van der Waals surface area contributed by atoms with Crippen LogP contribution in [0.3, 0.4) is 0 Å². The molecule has 92 heavy (non-hydrogen) atoms. The molecular weight excluding hydrogens is 1130 g/mol. The third-order valence-corrected chi connectivity index (χ3v) is 19.6. The molecule has 0 spiro atoms. The van der Waals surface area contributed by atoms with Crippen molar-refractivity contribution in [3.8, 4) is 0 Å². The molecule has 2 atom stereocenters. The Morgan fingerprint density at radius 3 is 0.837 bits per heavy atom. The zero-order valence-electron chi connectivity index (χ0n) is 62.3. The van der Waals surface area contributed by atoms with Gasteiger partial charge in [0.05, 0.1) is 25.4 Å². The molecule has 0 aromatic carbocycles. The summed E-state index contributed by atoms with van der Waals surface area (Å²) in [6.45, 7) is 4.95. The van der Waals surface area contributed by atoms with Crippen molar-refractivity contribution in [3.63, 3.8) is 0 Å². The molecule has 0 aliphatic rings. The maximum Gasteiger partial charge on any atom is 0.305 e. The smallest absolute Gasteiger partial charge is 0.305 e. The maximum absolute atomic E-state index is 12.6. The van der Waals surface area contributed by atoms with Crippen LogP contribution in [-0.2, 0) is 14.3 Å². The highest BCUT2D eigenvalue weighted by atomic mass is 16.5. The Labute approximate surface area is 576 Å². The molecule has 0 saturated carbocycles. The fourth-order valence-corrected chi connectivity index (χ4v) is 13.2. The van der Waals surface area contributed by atoms with Crippen molar-refractivity contribution in [2.75, 3.05) is 13.2 Å². The molecule has 6 heteroatoms. The summed E-state index contributed by atoms with van der Waals surface area (Å²) in [6.07, 6.45) is 108. The van der Waals surface area contributed by atoms with Crippen LogP contribution in [0.1, 0.15) is 463 Å². The van der Waals surface area contributed by atoms with E-state index in [1.54, 1.807) is 6.08 Å². The molecule has 0 fully saturated rings. The first kappa shape index (κ1) is 89.8. The van der Waals surface area contributed by atoms with Crippen LogP contribution in [0.15, 0.2) is 48.6 Å². The topological polar surface area (TPSA) is 95.9 Å². The Hall–Kier alpha value is -2.18. The third-order valence-electron chi connectivity index (χ3n) is 19.6. The summed E-state index contributed by atoms with van der Waals surface area (Å²) >= 11 is 0. The molecule has 1 amide bonds. The van der Waals surface area contributed by atoms with E-state index in [-0.39, 0.29) is 18.5 Å². The second kappa shape index (κ2) is 81.2. The number of nitrogens with one attached hydrogen (secondary N) is 1. The highest BCUT2D eigenvalue weighted by molar-refractivity contribution is 5.76. The second-order valence-electron chi connectivity index (χ2n) is 28.8. The Morgan fingerprint density at radius 2 is 0.543 bits per heavy atom. The van der Waals surface area contributed by atoms with Gasteiger partial charge in [-0.25, -0.2) is 0 Å². The molecule has 0 aromatic rings. The SMILES string of the molecule is CCCCCCCCC/C=C\CCCCCCCCCC(=O)OCCCCCCCCCCC/C=C\C/C=C\CCCCCCCCCCCCCCCCCCCC(=O)NC(CO)C(O)/C=C/CCCCCCCCCCCCCCCCCCCCCCCC. The summed E-state index contributed by atoms with van der Waals surface area (Å²) in [5, 5.41) is 23.3. The molecule has 0 aliphatic heterocycles. The number of unbranched alkanes of at least 4 members (excludes halogenated alkanes) is 62. The van der Waals surface area contributed by atoms with Gasteiger partial charge >= 0.3 is 5.97 Å². The molecule has 2 unspecified atom stereocenters. The Balaban J connectivity index is 3.40. The fraction of sp³-hybridized carbons (Fsp3) is 0.884. The summed E-state index contributed by atoms with van der Waals surface area (Å²) in [4.78, 5) is 24.7. The monoisotopic (exact) mass is 1290 g/mol. The Kier molecular flexibility index (Phi) is 79.3. The minimum atomic E-state index is -0.846. The Morgan fingerprint density at radius 1 is 0.304 bits per heavy atom. The van der Waals surface area contributed by atoms with E-state index in [0.29, 0.717) is 19.4 Å². The summed E-state index contributed by atoms with van der Waals surface area (Å²) in [6, 6.07) is -0.629. The predicted molar refractivity (Wildman–Crippen MR) is 407 cm³/mol. The van der Waals surface area contributed by atoms with E-state index in [9.17, 15) is 19.8 Å². The van der Waals surface area contributed by atoms with Crippen LogP contribution in [0.2, 0.25) is 0 Å². The van der Waals surface area contributed by atoms with Gasteiger partial charge in [0.2, 0.25) is 5.91 Å². The number of amides is 1. The quantitative estimate of drug-likeness (QED) is 0.0320. The summed E-state index contributed by atoms with van der Waals surface area (Å²) < 4.78 is 5.51. The number of aliphatic hydroxyl groups excluding tert-OH is 2. The highest BCUT2D eigenvalue weighted by Gasteiger charge is 2.18. The van der Waals surface area contributed by atoms with Gasteiger partial charge in [0, 0.05) is 12.8 Å². The standard InChI is InChI=1S/C86H163NO5/c1-3-5-7-9-11-13-15-17-19-21-23-24-25-37-40-43-46-50-54-58-62-66-70-74-78-84(89)83(82-88)87-85(90)79-75-71-67-63-59-55-51-47-44-41-38-35-33-31-29-27-26-28-30-32-34-36-39-42-45-49-53-57-61-65-69-73-77-81-92-86(91)80-76-72-68-64-60-56-52-48-22-20-18-16-14-12-10-8-6-4-2/h20,22,30,32,36,39,74,78,83-84,88-89H,3-19,21,23-29,31,33-35,37-38,40-73,75-77,79-82H2,1-2H3,(H,87,90)/b22-20-,32-30-,39-36-,78-74+. The van der Waals surface area contributed by atoms with Crippen LogP contribution in [-0.4, -0.2) is 47.4 Å². The molecule has 0 aliphatic carbocycles. The minimum absolute atomic E-state index is 0.0118. The van der Waals surface area contributed by atoms with Crippen LogP contribution < -0.4 is 5.32 Å². The van der Waals surface area contributed by atoms with Gasteiger partial charge < -0.3 is 20.3 Å². The molecule has 0 saturated heterocycles. The molecule has 0 aromatic heterocycles. The molecule has 3 N–H and O–H groups in total. The zero-order valence-corrected chi connectivity index (χ0v) is 62.3. The van der Waals surface area contributed by atoms with Crippen molar-refractivity contribution in [1.29, 1.82) is 0 Å². The lowest BCUT2D eigenvalue weighted by molar-refractivity contribution is -0.143. The number of allylic oxidation sites excluding steroid dienone is 7. The van der Waals surface area contributed by atoms with Crippen LogP contribution in [0.5, 0.6) is 0 Å². The van der Waals surface area contributed by atoms with Gasteiger partial charge in [-0.05, 0) is 89.9 Å². The zero-order chi connectivity index (χ0) is 66.3. The van der Waals surface area contributed by atoms with E-state index in [1.807, 2.05) is 6.08 Å². The van der Waals surface area contributed by atoms with E-state index < -0.39 is 12.1 Å². The average molecular weight is 1290 g/mol. The second-order valence-corrected chi connectivity index (χ2v) is 28.8. The molecular formula is C86H163NO5. The summed E-state index contributed by atoms with van der Waals surface area (Å²) in [7, 11) is 0. The summed E-state index contributed by atoms with van der Waals surface area (Å²) in [5.41, 5.74) is 0. The van der Waals surface area contributed by atoms with E-state index in [2.05, 4.69) is 55.6 Å².